The third-order valence-electron chi connectivity index (χ3n) is 3.03. The fourth-order valence-electron chi connectivity index (χ4n) is 1.81. The van der Waals surface area contributed by atoms with Crippen molar-refractivity contribution < 1.29 is 41.0 Å². The van der Waals surface area contributed by atoms with Crippen molar-refractivity contribution in [1.29, 1.82) is 0 Å². The second kappa shape index (κ2) is 10.4. The van der Waals surface area contributed by atoms with Crippen LogP contribution in [0, 0.1) is 0 Å². The van der Waals surface area contributed by atoms with Gasteiger partial charge in [0.25, 0.3) is 0 Å². The van der Waals surface area contributed by atoms with Crippen LogP contribution in [-0.4, -0.2) is 64.6 Å². The van der Waals surface area contributed by atoms with Crippen molar-refractivity contribution in [2.75, 3.05) is 33.0 Å². The summed E-state index contributed by atoms with van der Waals surface area (Å²) in [5.41, 5.74) is 0. The van der Waals surface area contributed by atoms with Gasteiger partial charge in [-0.15, -0.1) is 0 Å². The van der Waals surface area contributed by atoms with E-state index in [1.54, 1.807) is 12.2 Å². The zero-order chi connectivity index (χ0) is 20.5. The molecule has 0 aliphatic rings. The van der Waals surface area contributed by atoms with Crippen molar-refractivity contribution >= 4 is 15.9 Å². The SMILES string of the molecule is C[C@@H](COCCOCCNC(=O)C(F)(F)F)NS(=O)(=O)c1ccc(O)cc1. The average Bonchev–Trinajstić information content (AvgIpc) is 2.56. The molecule has 0 aromatic heterocycles. The van der Waals surface area contributed by atoms with Gasteiger partial charge in [-0.3, -0.25) is 4.79 Å². The van der Waals surface area contributed by atoms with Gasteiger partial charge in [-0.2, -0.15) is 13.2 Å². The number of sulfonamides is 1. The number of hydrogen-bond donors (Lipinski definition) is 3. The first-order valence-electron chi connectivity index (χ1n) is 7.84. The average molecular weight is 414 g/mol. The Morgan fingerprint density at radius 1 is 1.15 bits per heavy atom. The lowest BCUT2D eigenvalue weighted by atomic mass is 10.3. The predicted octanol–water partition coefficient (Wildman–Crippen LogP) is 0.771. The van der Waals surface area contributed by atoms with Crippen LogP contribution in [0.5, 0.6) is 5.75 Å². The zero-order valence-electron chi connectivity index (χ0n) is 14.5. The summed E-state index contributed by atoms with van der Waals surface area (Å²) in [7, 11) is -3.76. The molecule has 1 amide bonds. The monoisotopic (exact) mass is 414 g/mol. The van der Waals surface area contributed by atoms with Crippen molar-refractivity contribution in [3.8, 4) is 5.75 Å². The van der Waals surface area contributed by atoms with Crippen LogP contribution in [0.25, 0.3) is 0 Å². The Morgan fingerprint density at radius 3 is 2.33 bits per heavy atom. The Labute approximate surface area is 154 Å². The van der Waals surface area contributed by atoms with Crippen LogP contribution in [0.1, 0.15) is 6.92 Å². The second-order valence-corrected chi connectivity index (χ2v) is 7.17. The molecule has 0 aliphatic heterocycles. The van der Waals surface area contributed by atoms with Gasteiger partial charge in [0, 0.05) is 12.6 Å². The number of amides is 1. The van der Waals surface area contributed by atoms with Gasteiger partial charge >= 0.3 is 12.1 Å². The minimum Gasteiger partial charge on any atom is -0.508 e. The van der Waals surface area contributed by atoms with E-state index in [2.05, 4.69) is 4.72 Å². The van der Waals surface area contributed by atoms with E-state index in [0.717, 1.165) is 0 Å². The zero-order valence-corrected chi connectivity index (χ0v) is 15.3. The van der Waals surface area contributed by atoms with E-state index in [1.807, 2.05) is 0 Å². The highest BCUT2D eigenvalue weighted by Crippen LogP contribution is 2.15. The summed E-state index contributed by atoms with van der Waals surface area (Å²) in [6.07, 6.45) is -4.92. The van der Waals surface area contributed by atoms with Crippen LogP contribution in [-0.2, 0) is 24.3 Å². The smallest absolute Gasteiger partial charge is 0.471 e. The molecule has 154 valence electrons. The molecule has 1 aromatic rings. The number of benzene rings is 1. The molecule has 0 saturated carbocycles. The molecule has 0 unspecified atom stereocenters. The van der Waals surface area contributed by atoms with Crippen LogP contribution in [0.3, 0.4) is 0 Å². The molecule has 0 heterocycles. The van der Waals surface area contributed by atoms with Crippen LogP contribution in [0.2, 0.25) is 0 Å². The number of phenols is 1. The van der Waals surface area contributed by atoms with Crippen LogP contribution >= 0.6 is 0 Å². The molecular weight excluding hydrogens is 393 g/mol. The van der Waals surface area contributed by atoms with Gasteiger partial charge in [-0.05, 0) is 31.2 Å². The summed E-state index contributed by atoms with van der Waals surface area (Å²) in [6, 6.07) is 4.48. The highest BCUT2D eigenvalue weighted by Gasteiger charge is 2.38. The van der Waals surface area contributed by atoms with Gasteiger partial charge in [-0.25, -0.2) is 13.1 Å². The summed E-state index contributed by atoms with van der Waals surface area (Å²) in [5.74, 6) is -2.08. The number of phenolic OH excluding ortho intramolecular Hbond substituents is 1. The van der Waals surface area contributed by atoms with Crippen molar-refractivity contribution in [3.05, 3.63) is 24.3 Å². The fourth-order valence-corrected chi connectivity index (χ4v) is 3.04. The Balaban J connectivity index is 2.16. The van der Waals surface area contributed by atoms with E-state index in [4.69, 9.17) is 9.47 Å². The number of aromatic hydroxyl groups is 1. The number of nitrogens with one attached hydrogen (secondary N) is 2. The van der Waals surface area contributed by atoms with E-state index in [0.29, 0.717) is 0 Å². The fraction of sp³-hybridized carbons (Fsp3) is 0.533. The maximum atomic E-state index is 12.1. The molecule has 0 radical (unpaired) electrons. The van der Waals surface area contributed by atoms with Gasteiger partial charge in [-0.1, -0.05) is 0 Å². The maximum absolute atomic E-state index is 12.1. The van der Waals surface area contributed by atoms with Crippen LogP contribution < -0.4 is 10.0 Å². The minimum absolute atomic E-state index is 0.00335. The van der Waals surface area contributed by atoms with Gasteiger partial charge < -0.3 is 19.9 Å². The summed E-state index contributed by atoms with van der Waals surface area (Å²) in [6.45, 7) is 1.39. The molecule has 0 aliphatic carbocycles. The first-order valence-corrected chi connectivity index (χ1v) is 9.32. The lowest BCUT2D eigenvalue weighted by Crippen LogP contribution is -2.38. The van der Waals surface area contributed by atoms with E-state index in [1.165, 1.54) is 24.3 Å². The number of halogens is 3. The number of alkyl halides is 3. The molecule has 3 N–H and O–H groups in total. The molecule has 1 aromatic carbocycles. The predicted molar refractivity (Wildman–Crippen MR) is 88.6 cm³/mol. The maximum Gasteiger partial charge on any atom is 0.471 e. The number of ether oxygens (including phenoxy) is 2. The van der Waals surface area contributed by atoms with Crippen molar-refractivity contribution in [1.82, 2.24) is 10.0 Å². The first-order chi connectivity index (χ1) is 12.5. The normalized spacial score (nSPS) is 13.3. The number of carbonyl (C=O) groups excluding carboxylic acids is 1. The Kier molecular flexibility index (Phi) is 8.96. The molecule has 27 heavy (non-hydrogen) atoms. The van der Waals surface area contributed by atoms with E-state index >= 15 is 0 Å². The van der Waals surface area contributed by atoms with Crippen molar-refractivity contribution in [2.24, 2.45) is 0 Å². The highest BCUT2D eigenvalue weighted by molar-refractivity contribution is 7.89. The summed E-state index contributed by atoms with van der Waals surface area (Å²) >= 11 is 0. The molecule has 0 bridgehead atoms. The van der Waals surface area contributed by atoms with Gasteiger partial charge in [0.1, 0.15) is 5.75 Å². The van der Waals surface area contributed by atoms with Crippen molar-refractivity contribution in [3.63, 3.8) is 0 Å². The van der Waals surface area contributed by atoms with E-state index in [-0.39, 0.29) is 43.6 Å². The molecule has 0 spiro atoms. The van der Waals surface area contributed by atoms with Crippen LogP contribution in [0.4, 0.5) is 13.2 Å². The molecule has 0 fully saturated rings. The van der Waals surface area contributed by atoms with E-state index in [9.17, 15) is 31.5 Å². The Hall–Kier alpha value is -1.89. The molecule has 0 saturated heterocycles. The molecular formula is C15H21F3N2O6S. The van der Waals surface area contributed by atoms with E-state index < -0.39 is 28.1 Å². The lowest BCUT2D eigenvalue weighted by Gasteiger charge is -2.15. The van der Waals surface area contributed by atoms with Crippen LogP contribution in [0.15, 0.2) is 29.2 Å². The van der Waals surface area contributed by atoms with Gasteiger partial charge in [0.15, 0.2) is 0 Å². The third kappa shape index (κ3) is 9.04. The topological polar surface area (TPSA) is 114 Å². The number of hydrogen-bond acceptors (Lipinski definition) is 6. The van der Waals surface area contributed by atoms with Gasteiger partial charge in [0.05, 0.1) is 31.3 Å². The number of rotatable bonds is 11. The largest absolute Gasteiger partial charge is 0.508 e. The molecule has 1 rings (SSSR count). The quantitative estimate of drug-likeness (QED) is 0.461. The first kappa shape index (κ1) is 23.1. The van der Waals surface area contributed by atoms with Crippen molar-refractivity contribution in [2.45, 2.75) is 24.0 Å². The molecule has 8 nitrogen and oxygen atoms in total. The lowest BCUT2D eigenvalue weighted by molar-refractivity contribution is -0.173. The minimum atomic E-state index is -4.92. The molecule has 1 atom stereocenters. The standard InChI is InChI=1S/C15H21F3N2O6S/c1-11(20-27(23,24)13-4-2-12(21)3-5-13)10-26-9-8-25-7-6-19-14(22)15(16,17)18/h2-5,11,20-21H,6-10H2,1H3,(H,19,22)/t11-/m0/s1. The Bertz CT molecular complexity index is 694. The number of carbonyl (C=O) groups is 1. The summed E-state index contributed by atoms with van der Waals surface area (Å²) in [4.78, 5) is 10.5. The Morgan fingerprint density at radius 2 is 1.74 bits per heavy atom. The van der Waals surface area contributed by atoms with Gasteiger partial charge in [0.2, 0.25) is 10.0 Å². The second-order valence-electron chi connectivity index (χ2n) is 5.46. The highest BCUT2D eigenvalue weighted by atomic mass is 32.2. The third-order valence-corrected chi connectivity index (χ3v) is 4.64. The molecule has 12 heteroatoms. The summed E-state index contributed by atoms with van der Waals surface area (Å²) in [5, 5.41) is 10.8. The summed E-state index contributed by atoms with van der Waals surface area (Å²) < 4.78 is 72.5.